The molecule has 0 saturated heterocycles. The smallest absolute Gasteiger partial charge is 0.335 e. The summed E-state index contributed by atoms with van der Waals surface area (Å²) in [6, 6.07) is 10.3. The lowest BCUT2D eigenvalue weighted by Gasteiger charge is -2.10. The molecule has 0 radical (unpaired) electrons. The molecule has 6 heteroatoms. The Kier molecular flexibility index (Phi) is 4.20. The highest BCUT2D eigenvalue weighted by molar-refractivity contribution is 7.92. The Morgan fingerprint density at radius 2 is 1.95 bits per heavy atom. The van der Waals surface area contributed by atoms with Gasteiger partial charge in [0.25, 0.3) is 10.0 Å². The number of terminal acetylenes is 1. The monoisotopic (exact) mass is 315 g/mol. The van der Waals surface area contributed by atoms with Gasteiger partial charge in [-0.3, -0.25) is 4.72 Å². The van der Waals surface area contributed by atoms with Crippen LogP contribution < -0.4 is 4.72 Å². The number of hydrogen-bond acceptors (Lipinski definition) is 3. The summed E-state index contributed by atoms with van der Waals surface area (Å²) in [5.74, 6) is 1.23. The predicted molar refractivity (Wildman–Crippen MR) is 83.3 cm³/mol. The van der Waals surface area contributed by atoms with Gasteiger partial charge in [-0.2, -0.15) is 0 Å². The number of aryl methyl sites for hydroxylation is 1. The van der Waals surface area contributed by atoms with Crippen molar-refractivity contribution in [3.05, 3.63) is 59.2 Å². The fraction of sp³-hybridized carbons (Fsp3) is 0.0625. The number of hydrogen-bond donors (Lipinski definition) is 2. The van der Waals surface area contributed by atoms with Gasteiger partial charge in [0.1, 0.15) is 0 Å². The number of nitrogens with one attached hydrogen (secondary N) is 1. The molecule has 0 unspecified atom stereocenters. The van der Waals surface area contributed by atoms with E-state index in [9.17, 15) is 13.2 Å². The highest BCUT2D eigenvalue weighted by Gasteiger charge is 2.18. The van der Waals surface area contributed by atoms with Crippen LogP contribution in [0.1, 0.15) is 21.5 Å². The lowest BCUT2D eigenvalue weighted by Crippen LogP contribution is -2.14. The molecule has 0 heterocycles. The number of carbonyl (C=O) groups is 1. The lowest BCUT2D eigenvalue weighted by atomic mass is 10.1. The van der Waals surface area contributed by atoms with E-state index in [0.29, 0.717) is 16.8 Å². The molecule has 0 spiro atoms. The zero-order chi connectivity index (χ0) is 16.3. The van der Waals surface area contributed by atoms with Crippen molar-refractivity contribution in [2.75, 3.05) is 4.72 Å². The Bertz CT molecular complexity index is 879. The van der Waals surface area contributed by atoms with Crippen LogP contribution in [-0.2, 0) is 10.0 Å². The Hall–Kier alpha value is -2.78. The Morgan fingerprint density at radius 1 is 1.23 bits per heavy atom. The van der Waals surface area contributed by atoms with Crippen LogP contribution in [0.15, 0.2) is 47.4 Å². The summed E-state index contributed by atoms with van der Waals surface area (Å²) in [5, 5.41) is 9.08. The van der Waals surface area contributed by atoms with Crippen LogP contribution in [-0.4, -0.2) is 19.5 Å². The van der Waals surface area contributed by atoms with Crippen molar-refractivity contribution < 1.29 is 18.3 Å². The third-order valence-corrected chi connectivity index (χ3v) is 4.41. The molecule has 2 rings (SSSR count). The number of rotatable bonds is 4. The second kappa shape index (κ2) is 5.92. The first-order chi connectivity index (χ1) is 10.3. The lowest BCUT2D eigenvalue weighted by molar-refractivity contribution is 0.0696. The molecule has 0 fully saturated rings. The standard InChI is InChI=1S/C16H13NO4S/c1-3-12-5-4-6-13(9-12)17-22(20,21)14-8-7-11(2)15(10-14)16(18)19/h1,4-10,17H,2H3,(H,18,19). The molecule has 2 N–H and O–H groups in total. The second-order valence-corrected chi connectivity index (χ2v) is 6.29. The normalized spacial score (nSPS) is 10.7. The molecule has 2 aromatic carbocycles. The molecule has 0 atom stereocenters. The summed E-state index contributed by atoms with van der Waals surface area (Å²) in [6.07, 6.45) is 5.27. The molecule has 5 nitrogen and oxygen atoms in total. The first-order valence-electron chi connectivity index (χ1n) is 6.27. The molecule has 0 aromatic heterocycles. The van der Waals surface area contributed by atoms with Gasteiger partial charge in [0, 0.05) is 5.56 Å². The van der Waals surface area contributed by atoms with Gasteiger partial charge in [-0.05, 0) is 42.8 Å². The van der Waals surface area contributed by atoms with E-state index >= 15 is 0 Å². The van der Waals surface area contributed by atoms with Crippen molar-refractivity contribution in [3.8, 4) is 12.3 Å². The number of carboxylic acid groups (broad SMARTS) is 1. The summed E-state index contributed by atoms with van der Waals surface area (Å²) in [4.78, 5) is 11.0. The van der Waals surface area contributed by atoms with Gasteiger partial charge in [-0.15, -0.1) is 6.42 Å². The number of anilines is 1. The maximum atomic E-state index is 12.3. The van der Waals surface area contributed by atoms with Crippen LogP contribution in [0.4, 0.5) is 5.69 Å². The van der Waals surface area contributed by atoms with Crippen LogP contribution in [0.3, 0.4) is 0 Å². The predicted octanol–water partition coefficient (Wildman–Crippen LogP) is 2.48. The maximum absolute atomic E-state index is 12.3. The largest absolute Gasteiger partial charge is 0.478 e. The zero-order valence-corrected chi connectivity index (χ0v) is 12.5. The van der Waals surface area contributed by atoms with Gasteiger partial charge in [0.05, 0.1) is 16.1 Å². The van der Waals surface area contributed by atoms with Crippen molar-refractivity contribution in [2.24, 2.45) is 0 Å². The molecule has 22 heavy (non-hydrogen) atoms. The van der Waals surface area contributed by atoms with Crippen LogP contribution in [0.5, 0.6) is 0 Å². The van der Waals surface area contributed by atoms with E-state index in [-0.39, 0.29) is 10.5 Å². The molecule has 0 aliphatic rings. The topological polar surface area (TPSA) is 83.5 Å². The third kappa shape index (κ3) is 3.27. The van der Waals surface area contributed by atoms with Crippen molar-refractivity contribution >= 4 is 21.7 Å². The first kappa shape index (κ1) is 15.6. The summed E-state index contributed by atoms with van der Waals surface area (Å²) >= 11 is 0. The summed E-state index contributed by atoms with van der Waals surface area (Å²) in [6.45, 7) is 1.60. The molecule has 0 bridgehead atoms. The van der Waals surface area contributed by atoms with Crippen molar-refractivity contribution in [1.82, 2.24) is 0 Å². The number of carboxylic acids is 1. The molecule has 0 aliphatic heterocycles. The van der Waals surface area contributed by atoms with Crippen LogP contribution in [0.25, 0.3) is 0 Å². The maximum Gasteiger partial charge on any atom is 0.335 e. The molecular weight excluding hydrogens is 302 g/mol. The fourth-order valence-corrected chi connectivity index (χ4v) is 2.96. The van der Waals surface area contributed by atoms with Gasteiger partial charge in [0.2, 0.25) is 0 Å². The molecule has 0 amide bonds. The van der Waals surface area contributed by atoms with E-state index in [1.165, 1.54) is 18.2 Å². The van der Waals surface area contributed by atoms with Gasteiger partial charge in [-0.25, -0.2) is 13.2 Å². The number of benzene rings is 2. The van der Waals surface area contributed by atoms with Crippen molar-refractivity contribution in [3.63, 3.8) is 0 Å². The first-order valence-corrected chi connectivity index (χ1v) is 7.75. The average Bonchev–Trinajstić information content (AvgIpc) is 2.46. The molecule has 2 aromatic rings. The van der Waals surface area contributed by atoms with Crippen LogP contribution in [0, 0.1) is 19.3 Å². The molecule has 0 saturated carbocycles. The summed E-state index contributed by atoms with van der Waals surface area (Å²) in [5.41, 5.74) is 1.28. The molecule has 0 aliphatic carbocycles. The van der Waals surface area contributed by atoms with Crippen LogP contribution >= 0.6 is 0 Å². The SMILES string of the molecule is C#Cc1cccc(NS(=O)(=O)c2ccc(C)c(C(=O)O)c2)c1. The molecular formula is C16H13NO4S. The minimum atomic E-state index is -3.89. The number of aromatic carboxylic acids is 1. The quantitative estimate of drug-likeness (QED) is 0.849. The van der Waals surface area contributed by atoms with E-state index in [4.69, 9.17) is 11.5 Å². The Balaban J connectivity index is 2.41. The van der Waals surface area contributed by atoms with E-state index < -0.39 is 16.0 Å². The highest BCUT2D eigenvalue weighted by Crippen LogP contribution is 2.20. The Labute approximate surface area is 128 Å². The van der Waals surface area contributed by atoms with E-state index in [0.717, 1.165) is 6.07 Å². The third-order valence-electron chi connectivity index (χ3n) is 3.03. The molecule has 112 valence electrons. The highest BCUT2D eigenvalue weighted by atomic mass is 32.2. The minimum Gasteiger partial charge on any atom is -0.478 e. The van der Waals surface area contributed by atoms with E-state index in [2.05, 4.69) is 10.6 Å². The zero-order valence-electron chi connectivity index (χ0n) is 11.7. The summed E-state index contributed by atoms with van der Waals surface area (Å²) in [7, 11) is -3.89. The van der Waals surface area contributed by atoms with E-state index in [1.54, 1.807) is 25.1 Å². The van der Waals surface area contributed by atoms with Crippen molar-refractivity contribution in [1.29, 1.82) is 0 Å². The van der Waals surface area contributed by atoms with E-state index in [1.807, 2.05) is 0 Å². The van der Waals surface area contributed by atoms with Crippen molar-refractivity contribution in [2.45, 2.75) is 11.8 Å². The van der Waals surface area contributed by atoms with Gasteiger partial charge in [0.15, 0.2) is 0 Å². The fourth-order valence-electron chi connectivity index (χ4n) is 1.89. The van der Waals surface area contributed by atoms with Gasteiger partial charge < -0.3 is 5.11 Å². The summed E-state index contributed by atoms with van der Waals surface area (Å²) < 4.78 is 27.0. The Morgan fingerprint density at radius 3 is 2.59 bits per heavy atom. The second-order valence-electron chi connectivity index (χ2n) is 4.61. The van der Waals surface area contributed by atoms with Gasteiger partial charge >= 0.3 is 5.97 Å². The van der Waals surface area contributed by atoms with Crippen LogP contribution in [0.2, 0.25) is 0 Å². The average molecular weight is 315 g/mol. The van der Waals surface area contributed by atoms with Gasteiger partial charge in [-0.1, -0.05) is 18.1 Å². The minimum absolute atomic E-state index is 0.0553. The number of sulfonamides is 1.